The van der Waals surface area contributed by atoms with Crippen molar-refractivity contribution in [3.05, 3.63) is 18.5 Å². The molecule has 2 fully saturated rings. The van der Waals surface area contributed by atoms with E-state index in [0.717, 1.165) is 19.4 Å². The molecule has 2 saturated heterocycles. The van der Waals surface area contributed by atoms with Gasteiger partial charge in [0.2, 0.25) is 5.91 Å². The van der Waals surface area contributed by atoms with Crippen molar-refractivity contribution < 1.29 is 14.3 Å². The average Bonchev–Trinajstić information content (AvgIpc) is 3.27. The maximum absolute atomic E-state index is 12.7. The number of amides is 2. The van der Waals surface area contributed by atoms with Crippen LogP contribution >= 0.6 is 0 Å². The fraction of sp³-hybridized carbons (Fsp3) is 0.737. The summed E-state index contributed by atoms with van der Waals surface area (Å²) in [6.07, 6.45) is 9.31. The van der Waals surface area contributed by atoms with Gasteiger partial charge in [-0.25, -0.2) is 4.79 Å². The molecular weight excluding hydrogens is 332 g/mol. The van der Waals surface area contributed by atoms with E-state index in [-0.39, 0.29) is 18.0 Å². The van der Waals surface area contributed by atoms with Crippen LogP contribution in [0.1, 0.15) is 58.4 Å². The Morgan fingerprint density at radius 2 is 2.08 bits per heavy atom. The molecule has 3 rings (SSSR count). The first kappa shape index (κ1) is 18.7. The quantitative estimate of drug-likeness (QED) is 0.700. The summed E-state index contributed by atoms with van der Waals surface area (Å²) in [4.78, 5) is 28.6. The Hall–Kier alpha value is -2.05. The van der Waals surface area contributed by atoms with Crippen LogP contribution < -0.4 is 0 Å². The summed E-state index contributed by atoms with van der Waals surface area (Å²) in [6.45, 7) is 6.74. The minimum Gasteiger partial charge on any atom is -0.441 e. The smallest absolute Gasteiger partial charge is 0.410 e. The number of carbonyl (C=O) groups excluding carboxylic acids is 2. The monoisotopic (exact) mass is 362 g/mol. The van der Waals surface area contributed by atoms with Gasteiger partial charge in [0, 0.05) is 44.9 Å². The lowest BCUT2D eigenvalue weighted by molar-refractivity contribution is -0.138. The van der Waals surface area contributed by atoms with E-state index in [0.29, 0.717) is 32.5 Å². The molecule has 0 aromatic carbocycles. The SMILES string of the molecule is CCCCCCN1CC2(CCN(C(=O)[C@@H](C)n3cccn3)CC2)OC1=O. The lowest BCUT2D eigenvalue weighted by atomic mass is 9.91. The number of aromatic nitrogens is 2. The van der Waals surface area contributed by atoms with Crippen LogP contribution in [-0.2, 0) is 9.53 Å². The molecule has 7 heteroatoms. The Kier molecular flexibility index (Phi) is 5.84. The molecule has 2 aliphatic rings. The highest BCUT2D eigenvalue weighted by Crippen LogP contribution is 2.34. The first-order chi connectivity index (χ1) is 12.5. The lowest BCUT2D eigenvalue weighted by Gasteiger charge is -2.38. The molecule has 0 bridgehead atoms. The summed E-state index contributed by atoms with van der Waals surface area (Å²) in [5, 5.41) is 4.16. The van der Waals surface area contributed by atoms with Crippen LogP contribution in [0.2, 0.25) is 0 Å². The van der Waals surface area contributed by atoms with Crippen molar-refractivity contribution in [2.45, 2.75) is 64.0 Å². The van der Waals surface area contributed by atoms with Crippen LogP contribution in [0.4, 0.5) is 4.79 Å². The Balaban J connectivity index is 1.50. The van der Waals surface area contributed by atoms with Crippen LogP contribution in [0.15, 0.2) is 18.5 Å². The van der Waals surface area contributed by atoms with Crippen molar-refractivity contribution in [2.75, 3.05) is 26.2 Å². The molecule has 0 aliphatic carbocycles. The second kappa shape index (κ2) is 8.10. The highest BCUT2D eigenvalue weighted by Gasteiger charge is 2.47. The largest absolute Gasteiger partial charge is 0.441 e. The number of hydrogen-bond acceptors (Lipinski definition) is 4. The zero-order valence-corrected chi connectivity index (χ0v) is 15.9. The van der Waals surface area contributed by atoms with Crippen LogP contribution in [0.25, 0.3) is 0 Å². The van der Waals surface area contributed by atoms with Gasteiger partial charge in [-0.2, -0.15) is 5.10 Å². The molecule has 144 valence electrons. The second-order valence-corrected chi connectivity index (χ2v) is 7.52. The van der Waals surface area contributed by atoms with E-state index in [1.807, 2.05) is 29.0 Å². The maximum atomic E-state index is 12.7. The molecule has 3 heterocycles. The molecule has 0 N–H and O–H groups in total. The molecule has 1 spiro atoms. The van der Waals surface area contributed by atoms with Crippen molar-refractivity contribution in [3.8, 4) is 0 Å². The number of rotatable bonds is 7. The molecule has 1 aromatic heterocycles. The molecular formula is C19H30N4O3. The third kappa shape index (κ3) is 4.02. The van der Waals surface area contributed by atoms with Gasteiger partial charge >= 0.3 is 6.09 Å². The lowest BCUT2D eigenvalue weighted by Crippen LogP contribution is -2.50. The summed E-state index contributed by atoms with van der Waals surface area (Å²) >= 11 is 0. The number of carbonyl (C=O) groups is 2. The zero-order valence-electron chi connectivity index (χ0n) is 15.9. The Morgan fingerprint density at radius 3 is 2.73 bits per heavy atom. The van der Waals surface area contributed by atoms with Crippen molar-refractivity contribution in [1.29, 1.82) is 0 Å². The molecule has 0 saturated carbocycles. The van der Waals surface area contributed by atoms with E-state index in [4.69, 9.17) is 4.74 Å². The number of unbranched alkanes of at least 4 members (excludes halogenated alkanes) is 3. The van der Waals surface area contributed by atoms with Crippen molar-refractivity contribution in [1.82, 2.24) is 19.6 Å². The molecule has 26 heavy (non-hydrogen) atoms. The van der Waals surface area contributed by atoms with Gasteiger partial charge in [0.05, 0.1) is 6.54 Å². The van der Waals surface area contributed by atoms with E-state index in [1.165, 1.54) is 12.8 Å². The van der Waals surface area contributed by atoms with Gasteiger partial charge in [0.25, 0.3) is 0 Å². The van der Waals surface area contributed by atoms with Gasteiger partial charge in [-0.1, -0.05) is 26.2 Å². The fourth-order valence-corrected chi connectivity index (χ4v) is 3.88. The van der Waals surface area contributed by atoms with Gasteiger partial charge in [-0.05, 0) is 19.4 Å². The number of hydrogen-bond donors (Lipinski definition) is 0. The molecule has 2 aliphatic heterocycles. The van der Waals surface area contributed by atoms with E-state index >= 15 is 0 Å². The highest BCUT2D eigenvalue weighted by atomic mass is 16.6. The third-order valence-corrected chi connectivity index (χ3v) is 5.59. The van der Waals surface area contributed by atoms with Crippen LogP contribution in [0, 0.1) is 0 Å². The number of nitrogens with zero attached hydrogens (tertiary/aromatic N) is 4. The summed E-state index contributed by atoms with van der Waals surface area (Å²) in [5.41, 5.74) is -0.409. The molecule has 0 unspecified atom stereocenters. The minimum atomic E-state index is -0.409. The molecule has 1 atom stereocenters. The first-order valence-electron chi connectivity index (χ1n) is 9.80. The number of piperidine rings is 1. The average molecular weight is 362 g/mol. The van der Waals surface area contributed by atoms with Gasteiger partial charge in [-0.3, -0.25) is 9.48 Å². The predicted octanol–water partition coefficient (Wildman–Crippen LogP) is 2.84. The summed E-state index contributed by atoms with van der Waals surface area (Å²) < 4.78 is 7.43. The summed E-state index contributed by atoms with van der Waals surface area (Å²) in [6, 6.07) is 1.52. The minimum absolute atomic E-state index is 0.0734. The Morgan fingerprint density at radius 1 is 1.31 bits per heavy atom. The molecule has 0 radical (unpaired) electrons. The third-order valence-electron chi connectivity index (χ3n) is 5.59. The number of ether oxygens (including phenoxy) is 1. The van der Waals surface area contributed by atoms with Gasteiger partial charge in [0.15, 0.2) is 0 Å². The van der Waals surface area contributed by atoms with E-state index < -0.39 is 5.60 Å². The van der Waals surface area contributed by atoms with Crippen molar-refractivity contribution >= 4 is 12.0 Å². The van der Waals surface area contributed by atoms with Gasteiger partial charge < -0.3 is 14.5 Å². The Labute approximate surface area is 155 Å². The molecule has 1 aromatic rings. The van der Waals surface area contributed by atoms with Crippen LogP contribution in [0.5, 0.6) is 0 Å². The predicted molar refractivity (Wildman–Crippen MR) is 97.7 cm³/mol. The topological polar surface area (TPSA) is 67.7 Å². The summed E-state index contributed by atoms with van der Waals surface area (Å²) in [7, 11) is 0. The van der Waals surface area contributed by atoms with E-state index in [1.54, 1.807) is 10.9 Å². The van der Waals surface area contributed by atoms with E-state index in [9.17, 15) is 9.59 Å². The Bertz CT molecular complexity index is 608. The molecule has 7 nitrogen and oxygen atoms in total. The molecule has 2 amide bonds. The van der Waals surface area contributed by atoms with Crippen molar-refractivity contribution in [2.24, 2.45) is 0 Å². The number of likely N-dealkylation sites (tertiary alicyclic amines) is 1. The van der Waals surface area contributed by atoms with Gasteiger partial charge in [0.1, 0.15) is 11.6 Å². The fourth-order valence-electron chi connectivity index (χ4n) is 3.88. The first-order valence-corrected chi connectivity index (χ1v) is 9.80. The maximum Gasteiger partial charge on any atom is 0.410 e. The van der Waals surface area contributed by atoms with Crippen LogP contribution in [0.3, 0.4) is 0 Å². The summed E-state index contributed by atoms with van der Waals surface area (Å²) in [5.74, 6) is 0.0734. The van der Waals surface area contributed by atoms with E-state index in [2.05, 4.69) is 12.0 Å². The normalized spacial score (nSPS) is 20.5. The van der Waals surface area contributed by atoms with Gasteiger partial charge in [-0.15, -0.1) is 0 Å². The second-order valence-electron chi connectivity index (χ2n) is 7.52. The van der Waals surface area contributed by atoms with Crippen LogP contribution in [-0.4, -0.2) is 63.4 Å². The zero-order chi connectivity index (χ0) is 18.6. The highest BCUT2D eigenvalue weighted by molar-refractivity contribution is 5.80. The standard InChI is InChI=1S/C19H30N4O3/c1-3-4-5-6-11-22-15-19(26-18(22)25)8-13-21(14-9-19)17(24)16(2)23-12-7-10-20-23/h7,10,12,16H,3-6,8-9,11,13-15H2,1-2H3/t16-/m1/s1. The van der Waals surface area contributed by atoms with Crippen molar-refractivity contribution in [3.63, 3.8) is 0 Å².